The van der Waals surface area contributed by atoms with Crippen LogP contribution >= 0.6 is 27.3 Å². The molecule has 0 aliphatic heterocycles. The van der Waals surface area contributed by atoms with Crippen molar-refractivity contribution in [1.82, 2.24) is 0 Å². The molecule has 0 fully saturated rings. The predicted molar refractivity (Wildman–Crippen MR) is 86.6 cm³/mol. The Balaban J connectivity index is 2.24. The molecule has 0 unspecified atom stereocenters. The Morgan fingerprint density at radius 3 is 2.76 bits per heavy atom. The van der Waals surface area contributed by atoms with Gasteiger partial charge in [0.05, 0.1) is 15.5 Å². The molecule has 1 heterocycles. The third-order valence-electron chi connectivity index (χ3n) is 3.14. The number of anilines is 1. The Bertz CT molecular complexity index is 659. The van der Waals surface area contributed by atoms with Gasteiger partial charge in [-0.2, -0.15) is 0 Å². The van der Waals surface area contributed by atoms with Gasteiger partial charge >= 0.3 is 0 Å². The van der Waals surface area contributed by atoms with Gasteiger partial charge in [0.2, 0.25) is 0 Å². The van der Waals surface area contributed by atoms with E-state index in [1.807, 2.05) is 17.5 Å². The highest BCUT2D eigenvalue weighted by atomic mass is 79.9. The van der Waals surface area contributed by atoms with Crippen molar-refractivity contribution in [2.24, 2.45) is 0 Å². The highest BCUT2D eigenvalue weighted by Crippen LogP contribution is 2.33. The van der Waals surface area contributed by atoms with E-state index in [2.05, 4.69) is 35.1 Å². The van der Waals surface area contributed by atoms with Crippen molar-refractivity contribution in [3.05, 3.63) is 54.9 Å². The highest BCUT2D eigenvalue weighted by Gasteiger charge is 2.24. The van der Waals surface area contributed by atoms with Crippen LogP contribution in [0.5, 0.6) is 0 Å². The molecular formula is C14H14BrFN2O2S. The molecule has 0 aliphatic carbocycles. The summed E-state index contributed by atoms with van der Waals surface area (Å²) in [5, 5.41) is 16.1. The minimum Gasteiger partial charge on any atom is -0.379 e. The molecule has 0 atom stereocenters. The van der Waals surface area contributed by atoms with Crippen LogP contribution in [0, 0.1) is 15.9 Å². The Labute approximate surface area is 134 Å². The molecule has 0 amide bonds. The monoisotopic (exact) mass is 372 g/mol. The summed E-state index contributed by atoms with van der Waals surface area (Å²) in [6.45, 7) is 4.61. The molecule has 112 valence electrons. The van der Waals surface area contributed by atoms with Crippen LogP contribution in [0.15, 0.2) is 34.1 Å². The van der Waals surface area contributed by atoms with Crippen molar-refractivity contribution in [3.63, 3.8) is 0 Å². The second kappa shape index (κ2) is 6.11. The van der Waals surface area contributed by atoms with Crippen molar-refractivity contribution in [3.8, 4) is 0 Å². The third kappa shape index (κ3) is 3.59. The lowest BCUT2D eigenvalue weighted by Crippen LogP contribution is -2.26. The summed E-state index contributed by atoms with van der Waals surface area (Å²) < 4.78 is 13.6. The van der Waals surface area contributed by atoms with Gasteiger partial charge in [0.15, 0.2) is 0 Å². The summed E-state index contributed by atoms with van der Waals surface area (Å²) in [4.78, 5) is 11.6. The van der Waals surface area contributed by atoms with E-state index in [1.165, 1.54) is 10.9 Å². The van der Waals surface area contributed by atoms with E-state index in [4.69, 9.17) is 0 Å². The van der Waals surface area contributed by atoms with Gasteiger partial charge in [-0.3, -0.25) is 10.1 Å². The molecule has 2 aromatic rings. The van der Waals surface area contributed by atoms with E-state index in [-0.39, 0.29) is 15.6 Å². The minimum atomic E-state index is -0.648. The Morgan fingerprint density at radius 2 is 2.19 bits per heavy atom. The number of benzene rings is 1. The van der Waals surface area contributed by atoms with Crippen LogP contribution in [0.3, 0.4) is 0 Å². The molecule has 2 rings (SSSR count). The molecule has 0 radical (unpaired) electrons. The van der Waals surface area contributed by atoms with Crippen molar-refractivity contribution in [2.45, 2.75) is 19.3 Å². The lowest BCUT2D eigenvalue weighted by atomic mass is 9.91. The fourth-order valence-electron chi connectivity index (χ4n) is 1.90. The van der Waals surface area contributed by atoms with E-state index in [9.17, 15) is 14.5 Å². The summed E-state index contributed by atoms with van der Waals surface area (Å²) in [6.07, 6.45) is 0. The lowest BCUT2D eigenvalue weighted by Gasteiger charge is -2.24. The number of nitrogens with one attached hydrogen (secondary N) is 1. The summed E-state index contributed by atoms with van der Waals surface area (Å²) >= 11 is 4.69. The standard InChI is InChI=1S/C14H14BrFN2O2S/c1-14(2,13-4-3-5-21-13)8-17-11-6-9(15)10(16)7-12(11)18(19)20/h3-7,17H,8H2,1-2H3. The number of nitro benzene ring substituents is 1. The van der Waals surface area contributed by atoms with Gasteiger partial charge in [-0.15, -0.1) is 11.3 Å². The maximum atomic E-state index is 13.4. The molecule has 7 heteroatoms. The van der Waals surface area contributed by atoms with Gasteiger partial charge in [-0.25, -0.2) is 4.39 Å². The molecule has 1 aromatic carbocycles. The van der Waals surface area contributed by atoms with E-state index in [0.29, 0.717) is 12.2 Å². The van der Waals surface area contributed by atoms with Gasteiger partial charge in [-0.05, 0) is 33.4 Å². The SMILES string of the molecule is CC(C)(CNc1cc(Br)c(F)cc1[N+](=O)[O-])c1cccs1. The second-order valence-electron chi connectivity index (χ2n) is 5.26. The molecule has 1 aromatic heterocycles. The average Bonchev–Trinajstić information content (AvgIpc) is 2.94. The largest absolute Gasteiger partial charge is 0.379 e. The first-order valence-corrected chi connectivity index (χ1v) is 7.90. The van der Waals surface area contributed by atoms with Crippen LogP contribution in [0.4, 0.5) is 15.8 Å². The van der Waals surface area contributed by atoms with Crippen LogP contribution in [0.2, 0.25) is 0 Å². The zero-order chi connectivity index (χ0) is 15.6. The zero-order valence-corrected chi connectivity index (χ0v) is 13.9. The molecule has 4 nitrogen and oxygen atoms in total. The number of hydrogen-bond donors (Lipinski definition) is 1. The second-order valence-corrected chi connectivity index (χ2v) is 7.06. The predicted octanol–water partition coefficient (Wildman–Crippen LogP) is 4.95. The third-order valence-corrected chi connectivity index (χ3v) is 4.99. The van der Waals surface area contributed by atoms with E-state index in [1.54, 1.807) is 11.3 Å². The van der Waals surface area contributed by atoms with Crippen LogP contribution in [0.1, 0.15) is 18.7 Å². The van der Waals surface area contributed by atoms with Crippen LogP contribution in [-0.2, 0) is 5.41 Å². The van der Waals surface area contributed by atoms with Gasteiger partial charge < -0.3 is 5.32 Å². The van der Waals surface area contributed by atoms with Crippen LogP contribution < -0.4 is 5.32 Å². The Morgan fingerprint density at radius 1 is 1.48 bits per heavy atom. The van der Waals surface area contributed by atoms with Crippen molar-refractivity contribution in [1.29, 1.82) is 0 Å². The van der Waals surface area contributed by atoms with Gasteiger partial charge in [0, 0.05) is 16.8 Å². The van der Waals surface area contributed by atoms with Crippen LogP contribution in [0.25, 0.3) is 0 Å². The first kappa shape index (κ1) is 15.9. The molecule has 0 bridgehead atoms. The van der Waals surface area contributed by atoms with Crippen molar-refractivity contribution in [2.75, 3.05) is 11.9 Å². The number of rotatable bonds is 5. The van der Waals surface area contributed by atoms with Crippen molar-refractivity contribution >= 4 is 38.6 Å². The van der Waals surface area contributed by atoms with E-state index >= 15 is 0 Å². The van der Waals surface area contributed by atoms with Gasteiger partial charge in [0.25, 0.3) is 5.69 Å². The lowest BCUT2D eigenvalue weighted by molar-refractivity contribution is -0.384. The fraction of sp³-hybridized carbons (Fsp3) is 0.286. The number of halogens is 2. The first-order valence-electron chi connectivity index (χ1n) is 6.22. The molecule has 0 aliphatic rings. The molecule has 0 saturated heterocycles. The quantitative estimate of drug-likeness (QED) is 0.596. The normalized spacial score (nSPS) is 11.4. The summed E-state index contributed by atoms with van der Waals surface area (Å²) in [5.41, 5.74) is -0.140. The van der Waals surface area contributed by atoms with Crippen LogP contribution in [-0.4, -0.2) is 11.5 Å². The summed E-state index contributed by atoms with van der Waals surface area (Å²) in [7, 11) is 0. The Hall–Kier alpha value is -1.47. The topological polar surface area (TPSA) is 55.2 Å². The maximum Gasteiger partial charge on any atom is 0.295 e. The molecule has 0 spiro atoms. The number of nitrogens with zero attached hydrogens (tertiary/aromatic N) is 1. The summed E-state index contributed by atoms with van der Waals surface area (Å²) in [5.74, 6) is -0.648. The number of nitro groups is 1. The molecular weight excluding hydrogens is 359 g/mol. The highest BCUT2D eigenvalue weighted by molar-refractivity contribution is 9.10. The average molecular weight is 373 g/mol. The van der Waals surface area contributed by atoms with E-state index < -0.39 is 10.7 Å². The summed E-state index contributed by atoms with van der Waals surface area (Å²) in [6, 6.07) is 6.32. The van der Waals surface area contributed by atoms with Gasteiger partial charge in [0.1, 0.15) is 11.5 Å². The molecule has 1 N–H and O–H groups in total. The molecule has 21 heavy (non-hydrogen) atoms. The minimum absolute atomic E-state index is 0.178. The zero-order valence-electron chi connectivity index (χ0n) is 11.5. The number of thiophene rings is 1. The van der Waals surface area contributed by atoms with Crippen molar-refractivity contribution < 1.29 is 9.31 Å². The Kier molecular flexibility index (Phi) is 4.63. The number of hydrogen-bond acceptors (Lipinski definition) is 4. The van der Waals surface area contributed by atoms with E-state index in [0.717, 1.165) is 6.07 Å². The first-order chi connectivity index (χ1) is 9.81. The van der Waals surface area contributed by atoms with Gasteiger partial charge in [-0.1, -0.05) is 19.9 Å². The fourth-order valence-corrected chi connectivity index (χ4v) is 3.09. The smallest absolute Gasteiger partial charge is 0.295 e. The maximum absolute atomic E-state index is 13.4. The molecule has 0 saturated carbocycles.